The van der Waals surface area contributed by atoms with Gasteiger partial charge in [0.1, 0.15) is 5.51 Å². The van der Waals surface area contributed by atoms with Crippen molar-refractivity contribution in [1.82, 2.24) is 10.2 Å². The van der Waals surface area contributed by atoms with Gasteiger partial charge in [-0.3, -0.25) is 0 Å². The van der Waals surface area contributed by atoms with Gasteiger partial charge >= 0.3 is 0 Å². The maximum absolute atomic E-state index is 4.10. The molecule has 2 aliphatic rings. The molecular formula is C10H13N3S. The summed E-state index contributed by atoms with van der Waals surface area (Å²) in [4.78, 5) is 2.35. The SMILES string of the molecule is c1nnc(N2CCC(=C3CC3)CC2)s1. The molecule has 3 nitrogen and oxygen atoms in total. The lowest BCUT2D eigenvalue weighted by atomic mass is 10.0. The zero-order chi connectivity index (χ0) is 9.38. The fourth-order valence-corrected chi connectivity index (χ4v) is 2.66. The molecule has 74 valence electrons. The van der Waals surface area contributed by atoms with Crippen LogP contribution in [0.25, 0.3) is 0 Å². The molecule has 1 aliphatic carbocycles. The highest BCUT2D eigenvalue weighted by molar-refractivity contribution is 7.13. The number of rotatable bonds is 1. The van der Waals surface area contributed by atoms with Crippen molar-refractivity contribution in [2.45, 2.75) is 25.7 Å². The molecule has 0 radical (unpaired) electrons. The van der Waals surface area contributed by atoms with Gasteiger partial charge in [0.2, 0.25) is 5.13 Å². The van der Waals surface area contributed by atoms with E-state index in [4.69, 9.17) is 0 Å². The largest absolute Gasteiger partial charge is 0.346 e. The van der Waals surface area contributed by atoms with Crippen LogP contribution in [0.4, 0.5) is 5.13 Å². The Labute approximate surface area is 87.5 Å². The molecule has 1 aromatic heterocycles. The fraction of sp³-hybridized carbons (Fsp3) is 0.600. The van der Waals surface area contributed by atoms with Crippen LogP contribution in [0.15, 0.2) is 16.7 Å². The molecule has 0 bridgehead atoms. The van der Waals surface area contributed by atoms with Gasteiger partial charge < -0.3 is 4.90 Å². The number of allylic oxidation sites excluding steroid dienone is 1. The summed E-state index contributed by atoms with van der Waals surface area (Å²) in [5, 5.41) is 9.07. The van der Waals surface area contributed by atoms with E-state index < -0.39 is 0 Å². The van der Waals surface area contributed by atoms with Gasteiger partial charge in [-0.2, -0.15) is 0 Å². The average molecular weight is 207 g/mol. The number of nitrogens with zero attached hydrogens (tertiary/aromatic N) is 3. The van der Waals surface area contributed by atoms with E-state index in [9.17, 15) is 0 Å². The first-order chi connectivity index (χ1) is 6.93. The minimum Gasteiger partial charge on any atom is -0.346 e. The zero-order valence-corrected chi connectivity index (χ0v) is 8.89. The first-order valence-corrected chi connectivity index (χ1v) is 6.02. The molecule has 0 spiro atoms. The quantitative estimate of drug-likeness (QED) is 0.661. The maximum atomic E-state index is 4.10. The van der Waals surface area contributed by atoms with Crippen LogP contribution in [-0.2, 0) is 0 Å². The lowest BCUT2D eigenvalue weighted by Gasteiger charge is -2.27. The van der Waals surface area contributed by atoms with Crippen LogP contribution in [0.2, 0.25) is 0 Å². The molecular weight excluding hydrogens is 194 g/mol. The molecule has 1 saturated heterocycles. The summed E-state index contributed by atoms with van der Waals surface area (Å²) in [6, 6.07) is 0. The summed E-state index contributed by atoms with van der Waals surface area (Å²) in [6.45, 7) is 2.27. The second kappa shape index (κ2) is 3.35. The van der Waals surface area contributed by atoms with Gasteiger partial charge in [-0.1, -0.05) is 22.5 Å². The highest BCUT2D eigenvalue weighted by atomic mass is 32.1. The van der Waals surface area contributed by atoms with Crippen LogP contribution in [0.5, 0.6) is 0 Å². The van der Waals surface area contributed by atoms with E-state index in [0.717, 1.165) is 18.2 Å². The van der Waals surface area contributed by atoms with Gasteiger partial charge in [0.15, 0.2) is 0 Å². The molecule has 2 heterocycles. The van der Waals surface area contributed by atoms with Crippen LogP contribution in [0.1, 0.15) is 25.7 Å². The van der Waals surface area contributed by atoms with Crippen molar-refractivity contribution < 1.29 is 0 Å². The van der Waals surface area contributed by atoms with Crippen LogP contribution in [0.3, 0.4) is 0 Å². The summed E-state index contributed by atoms with van der Waals surface area (Å²) in [7, 11) is 0. The Bertz CT molecular complexity index is 339. The molecule has 2 fully saturated rings. The smallest absolute Gasteiger partial charge is 0.208 e. The first kappa shape index (κ1) is 8.41. The van der Waals surface area contributed by atoms with Crippen molar-refractivity contribution in [3.8, 4) is 0 Å². The normalized spacial score (nSPS) is 21.6. The minimum atomic E-state index is 1.09. The summed E-state index contributed by atoms with van der Waals surface area (Å²) in [5.74, 6) is 0. The van der Waals surface area contributed by atoms with Crippen molar-refractivity contribution in [2.75, 3.05) is 18.0 Å². The van der Waals surface area contributed by atoms with Crippen LogP contribution < -0.4 is 4.90 Å². The molecule has 0 aromatic carbocycles. The highest BCUT2D eigenvalue weighted by Crippen LogP contribution is 2.36. The number of hydrogen-bond donors (Lipinski definition) is 0. The third-order valence-electron chi connectivity index (χ3n) is 2.99. The Morgan fingerprint density at radius 1 is 1.07 bits per heavy atom. The lowest BCUT2D eigenvalue weighted by molar-refractivity contribution is 0.677. The van der Waals surface area contributed by atoms with Gasteiger partial charge in [0, 0.05) is 13.1 Å². The van der Waals surface area contributed by atoms with Crippen molar-refractivity contribution >= 4 is 16.5 Å². The third kappa shape index (κ3) is 1.54. The minimum absolute atomic E-state index is 1.09. The summed E-state index contributed by atoms with van der Waals surface area (Å²) >= 11 is 1.64. The Kier molecular flexibility index (Phi) is 2.01. The number of hydrogen-bond acceptors (Lipinski definition) is 4. The Morgan fingerprint density at radius 2 is 1.79 bits per heavy atom. The second-order valence-electron chi connectivity index (χ2n) is 3.92. The summed E-state index contributed by atoms with van der Waals surface area (Å²) in [5.41, 5.74) is 5.28. The van der Waals surface area contributed by atoms with Crippen molar-refractivity contribution in [3.63, 3.8) is 0 Å². The molecule has 1 saturated carbocycles. The van der Waals surface area contributed by atoms with Crippen molar-refractivity contribution in [3.05, 3.63) is 16.7 Å². The zero-order valence-electron chi connectivity index (χ0n) is 8.07. The van der Waals surface area contributed by atoms with Crippen LogP contribution in [-0.4, -0.2) is 23.3 Å². The van der Waals surface area contributed by atoms with E-state index in [1.54, 1.807) is 22.5 Å². The van der Waals surface area contributed by atoms with Crippen LogP contribution in [0, 0.1) is 0 Å². The average Bonchev–Trinajstić information content (AvgIpc) is 2.94. The molecule has 1 aromatic rings. The molecule has 4 heteroatoms. The van der Waals surface area contributed by atoms with Gasteiger partial charge in [-0.25, -0.2) is 0 Å². The van der Waals surface area contributed by atoms with E-state index in [1.807, 2.05) is 5.51 Å². The van der Waals surface area contributed by atoms with Gasteiger partial charge in [-0.15, -0.1) is 10.2 Å². The van der Waals surface area contributed by atoms with Gasteiger partial charge in [-0.05, 0) is 25.7 Å². The predicted molar refractivity (Wildman–Crippen MR) is 57.6 cm³/mol. The lowest BCUT2D eigenvalue weighted by Crippen LogP contribution is -2.30. The Morgan fingerprint density at radius 3 is 2.36 bits per heavy atom. The monoisotopic (exact) mass is 207 g/mol. The Hall–Kier alpha value is -0.900. The van der Waals surface area contributed by atoms with E-state index in [1.165, 1.54) is 25.7 Å². The number of anilines is 1. The summed E-state index contributed by atoms with van der Waals surface area (Å²) in [6.07, 6.45) is 5.23. The molecule has 0 unspecified atom stereocenters. The van der Waals surface area contributed by atoms with E-state index >= 15 is 0 Å². The molecule has 1 aliphatic heterocycles. The maximum Gasteiger partial charge on any atom is 0.208 e. The van der Waals surface area contributed by atoms with E-state index in [2.05, 4.69) is 15.1 Å². The van der Waals surface area contributed by atoms with Gasteiger partial charge in [0.05, 0.1) is 0 Å². The van der Waals surface area contributed by atoms with E-state index in [-0.39, 0.29) is 0 Å². The third-order valence-corrected chi connectivity index (χ3v) is 3.74. The second-order valence-corrected chi connectivity index (χ2v) is 4.73. The fourth-order valence-electron chi connectivity index (χ4n) is 2.04. The number of aromatic nitrogens is 2. The predicted octanol–water partition coefficient (Wildman–Crippen LogP) is 2.23. The standard InChI is InChI=1S/C10H13N3S/c1-2-8(1)9-3-5-13(6-4-9)10-12-11-7-14-10/h7H,1-6H2. The molecule has 14 heavy (non-hydrogen) atoms. The topological polar surface area (TPSA) is 29.0 Å². The Balaban J connectivity index is 1.68. The molecule has 0 amide bonds. The molecule has 0 N–H and O–H groups in total. The van der Waals surface area contributed by atoms with Crippen LogP contribution >= 0.6 is 11.3 Å². The summed E-state index contributed by atoms with van der Waals surface area (Å²) < 4.78 is 0. The van der Waals surface area contributed by atoms with Crippen molar-refractivity contribution in [1.29, 1.82) is 0 Å². The van der Waals surface area contributed by atoms with E-state index in [0.29, 0.717) is 0 Å². The molecule has 3 rings (SSSR count). The van der Waals surface area contributed by atoms with Gasteiger partial charge in [0.25, 0.3) is 0 Å². The number of piperidine rings is 1. The van der Waals surface area contributed by atoms with Crippen molar-refractivity contribution in [2.24, 2.45) is 0 Å². The molecule has 0 atom stereocenters. The first-order valence-electron chi connectivity index (χ1n) is 5.14. The highest BCUT2D eigenvalue weighted by Gasteiger charge is 2.22.